The molecule has 1 aromatic rings. The third kappa shape index (κ3) is 2.96. The largest absolute Gasteiger partial charge is 0.392 e. The van der Waals surface area contributed by atoms with E-state index >= 15 is 0 Å². The third-order valence-corrected chi connectivity index (χ3v) is 5.46. The van der Waals surface area contributed by atoms with E-state index in [9.17, 15) is 12.8 Å². The summed E-state index contributed by atoms with van der Waals surface area (Å²) >= 11 is 0. The molecule has 1 aliphatic heterocycles. The lowest BCUT2D eigenvalue weighted by Gasteiger charge is -2.29. The SMILES string of the molecule is CC1CCN(S(=O)(=O)c2ccc(F)c(CO)c2)CC1. The maximum atomic E-state index is 13.3. The van der Waals surface area contributed by atoms with E-state index in [-0.39, 0.29) is 10.5 Å². The van der Waals surface area contributed by atoms with Crippen molar-refractivity contribution in [2.24, 2.45) is 5.92 Å². The van der Waals surface area contributed by atoms with Crippen molar-refractivity contribution in [1.29, 1.82) is 0 Å². The minimum absolute atomic E-state index is 0.00597. The van der Waals surface area contributed by atoms with Crippen molar-refractivity contribution in [2.45, 2.75) is 31.3 Å². The second-order valence-corrected chi connectivity index (χ2v) is 6.94. The Labute approximate surface area is 112 Å². The van der Waals surface area contributed by atoms with Gasteiger partial charge in [-0.1, -0.05) is 6.92 Å². The zero-order chi connectivity index (χ0) is 14.0. The van der Waals surface area contributed by atoms with Gasteiger partial charge < -0.3 is 5.11 Å². The zero-order valence-corrected chi connectivity index (χ0v) is 11.7. The first-order valence-corrected chi connectivity index (χ1v) is 7.78. The fourth-order valence-corrected chi connectivity index (χ4v) is 3.73. The smallest absolute Gasteiger partial charge is 0.243 e. The Bertz CT molecular complexity index is 551. The van der Waals surface area contributed by atoms with Crippen LogP contribution in [0.3, 0.4) is 0 Å². The Morgan fingerprint density at radius 1 is 1.37 bits per heavy atom. The Hall–Kier alpha value is -0.980. The van der Waals surface area contributed by atoms with Gasteiger partial charge in [-0.25, -0.2) is 12.8 Å². The molecular weight excluding hydrogens is 269 g/mol. The molecule has 0 bridgehead atoms. The van der Waals surface area contributed by atoms with Crippen LogP contribution in [0.2, 0.25) is 0 Å². The van der Waals surface area contributed by atoms with E-state index in [0.717, 1.165) is 18.9 Å². The number of hydrogen-bond donors (Lipinski definition) is 1. The van der Waals surface area contributed by atoms with Crippen molar-refractivity contribution in [3.8, 4) is 0 Å². The van der Waals surface area contributed by atoms with E-state index in [1.165, 1.54) is 16.4 Å². The first kappa shape index (κ1) is 14.4. The number of benzene rings is 1. The third-order valence-electron chi connectivity index (χ3n) is 3.57. The first-order chi connectivity index (χ1) is 8.95. The molecule has 1 saturated heterocycles. The van der Waals surface area contributed by atoms with Crippen molar-refractivity contribution >= 4 is 10.0 Å². The Morgan fingerprint density at radius 2 is 2.00 bits per heavy atom. The van der Waals surface area contributed by atoms with Crippen LogP contribution in [0.15, 0.2) is 23.1 Å². The molecule has 0 radical (unpaired) electrons. The lowest BCUT2D eigenvalue weighted by atomic mass is 10.0. The van der Waals surface area contributed by atoms with E-state index in [1.807, 2.05) is 0 Å². The molecule has 1 aromatic carbocycles. The van der Waals surface area contributed by atoms with E-state index in [4.69, 9.17) is 5.11 Å². The van der Waals surface area contributed by atoms with Crippen LogP contribution in [-0.2, 0) is 16.6 Å². The van der Waals surface area contributed by atoms with Gasteiger partial charge in [0.1, 0.15) is 5.82 Å². The fourth-order valence-electron chi connectivity index (χ4n) is 2.21. The highest BCUT2D eigenvalue weighted by Gasteiger charge is 2.28. The molecule has 2 rings (SSSR count). The second kappa shape index (κ2) is 5.56. The number of sulfonamides is 1. The number of rotatable bonds is 3. The topological polar surface area (TPSA) is 57.6 Å². The lowest BCUT2D eigenvalue weighted by Crippen LogP contribution is -2.37. The van der Waals surface area contributed by atoms with Gasteiger partial charge in [-0.2, -0.15) is 4.31 Å². The Morgan fingerprint density at radius 3 is 2.58 bits per heavy atom. The number of aliphatic hydroxyl groups is 1. The predicted octanol–water partition coefficient (Wildman–Crippen LogP) is 1.74. The molecule has 0 amide bonds. The number of piperidine rings is 1. The molecule has 19 heavy (non-hydrogen) atoms. The average Bonchev–Trinajstić information content (AvgIpc) is 2.39. The van der Waals surface area contributed by atoms with Crippen molar-refractivity contribution in [3.05, 3.63) is 29.6 Å². The molecule has 0 saturated carbocycles. The maximum absolute atomic E-state index is 13.3. The molecule has 1 aliphatic rings. The van der Waals surface area contributed by atoms with Crippen LogP contribution >= 0.6 is 0 Å². The molecule has 0 aliphatic carbocycles. The Balaban J connectivity index is 2.29. The monoisotopic (exact) mass is 287 g/mol. The van der Waals surface area contributed by atoms with Gasteiger partial charge in [0.05, 0.1) is 11.5 Å². The summed E-state index contributed by atoms with van der Waals surface area (Å²) in [6, 6.07) is 3.55. The summed E-state index contributed by atoms with van der Waals surface area (Å²) in [7, 11) is -3.58. The molecule has 0 atom stereocenters. The first-order valence-electron chi connectivity index (χ1n) is 6.34. The van der Waals surface area contributed by atoms with Crippen LogP contribution in [0.25, 0.3) is 0 Å². The zero-order valence-electron chi connectivity index (χ0n) is 10.8. The van der Waals surface area contributed by atoms with Crippen LogP contribution in [0, 0.1) is 11.7 Å². The number of nitrogens with zero attached hydrogens (tertiary/aromatic N) is 1. The highest BCUT2D eigenvalue weighted by molar-refractivity contribution is 7.89. The summed E-state index contributed by atoms with van der Waals surface area (Å²) in [4.78, 5) is 0.0486. The van der Waals surface area contributed by atoms with Gasteiger partial charge in [-0.05, 0) is 37.0 Å². The quantitative estimate of drug-likeness (QED) is 0.921. The van der Waals surface area contributed by atoms with Gasteiger partial charge in [0, 0.05) is 18.7 Å². The minimum atomic E-state index is -3.58. The van der Waals surface area contributed by atoms with Crippen molar-refractivity contribution in [2.75, 3.05) is 13.1 Å². The standard InChI is InChI=1S/C13H18FNO3S/c1-10-4-6-15(7-5-10)19(17,18)12-2-3-13(14)11(8-12)9-16/h2-3,8,10,16H,4-7,9H2,1H3. The van der Waals surface area contributed by atoms with Crippen LogP contribution < -0.4 is 0 Å². The summed E-state index contributed by atoms with van der Waals surface area (Å²) < 4.78 is 39.5. The lowest BCUT2D eigenvalue weighted by molar-refractivity contribution is 0.275. The highest BCUT2D eigenvalue weighted by Crippen LogP contribution is 2.24. The molecule has 0 aromatic heterocycles. The van der Waals surface area contributed by atoms with Gasteiger partial charge in [-0.15, -0.1) is 0 Å². The van der Waals surface area contributed by atoms with Crippen molar-refractivity contribution in [3.63, 3.8) is 0 Å². The predicted molar refractivity (Wildman–Crippen MR) is 69.5 cm³/mol. The summed E-state index contributed by atoms with van der Waals surface area (Å²) in [5.41, 5.74) is 0.00597. The molecule has 6 heteroatoms. The van der Waals surface area contributed by atoms with Gasteiger partial charge in [0.25, 0.3) is 0 Å². The normalized spacial score (nSPS) is 18.7. The molecule has 106 valence electrons. The Kier molecular flexibility index (Phi) is 4.23. The van der Waals surface area contributed by atoms with Gasteiger partial charge in [0.2, 0.25) is 10.0 Å². The van der Waals surface area contributed by atoms with E-state index < -0.39 is 22.4 Å². The molecule has 0 unspecified atom stereocenters. The number of halogens is 1. The number of hydrogen-bond acceptors (Lipinski definition) is 3. The maximum Gasteiger partial charge on any atom is 0.243 e. The molecular formula is C13H18FNO3S. The number of aliphatic hydroxyl groups excluding tert-OH is 1. The molecule has 1 N–H and O–H groups in total. The molecule has 0 spiro atoms. The van der Waals surface area contributed by atoms with E-state index in [1.54, 1.807) is 0 Å². The van der Waals surface area contributed by atoms with Crippen LogP contribution in [0.4, 0.5) is 4.39 Å². The summed E-state index contributed by atoms with van der Waals surface area (Å²) in [6.45, 7) is 2.59. The summed E-state index contributed by atoms with van der Waals surface area (Å²) in [6.07, 6.45) is 1.68. The van der Waals surface area contributed by atoms with Crippen molar-refractivity contribution < 1.29 is 17.9 Å². The van der Waals surface area contributed by atoms with Gasteiger partial charge in [-0.3, -0.25) is 0 Å². The summed E-state index contributed by atoms with van der Waals surface area (Å²) in [5.74, 6) is -0.0543. The summed E-state index contributed by atoms with van der Waals surface area (Å²) in [5, 5.41) is 9.01. The average molecular weight is 287 g/mol. The molecule has 4 nitrogen and oxygen atoms in total. The van der Waals surface area contributed by atoms with Crippen LogP contribution in [0.5, 0.6) is 0 Å². The van der Waals surface area contributed by atoms with Crippen molar-refractivity contribution in [1.82, 2.24) is 4.31 Å². The molecule has 1 fully saturated rings. The van der Waals surface area contributed by atoms with Gasteiger partial charge in [0.15, 0.2) is 0 Å². The van der Waals surface area contributed by atoms with Crippen LogP contribution in [0.1, 0.15) is 25.3 Å². The van der Waals surface area contributed by atoms with E-state index in [0.29, 0.717) is 19.0 Å². The highest BCUT2D eigenvalue weighted by atomic mass is 32.2. The minimum Gasteiger partial charge on any atom is -0.392 e. The molecule has 1 heterocycles. The second-order valence-electron chi connectivity index (χ2n) is 5.00. The van der Waals surface area contributed by atoms with E-state index in [2.05, 4.69) is 6.92 Å². The van der Waals surface area contributed by atoms with Gasteiger partial charge >= 0.3 is 0 Å². The fraction of sp³-hybridized carbons (Fsp3) is 0.538. The van der Waals surface area contributed by atoms with Crippen LogP contribution in [-0.4, -0.2) is 30.9 Å².